The number of benzene rings is 2. The Labute approximate surface area is 156 Å². The molecule has 9 heteroatoms. The quantitative estimate of drug-likeness (QED) is 0.691. The van der Waals surface area contributed by atoms with Crippen molar-refractivity contribution in [3.05, 3.63) is 64.4 Å². The average Bonchev–Trinajstić information content (AvgIpc) is 2.90. The predicted molar refractivity (Wildman–Crippen MR) is 99.5 cm³/mol. The number of sulfonamides is 1. The zero-order valence-electron chi connectivity index (χ0n) is 15.1. The van der Waals surface area contributed by atoms with E-state index in [0.29, 0.717) is 5.52 Å². The van der Waals surface area contributed by atoms with Crippen molar-refractivity contribution in [2.24, 2.45) is 7.05 Å². The van der Waals surface area contributed by atoms with E-state index in [4.69, 9.17) is 4.42 Å². The lowest BCUT2D eigenvalue weighted by Crippen LogP contribution is -2.34. The number of nitrogens with zero attached hydrogens (tertiary/aromatic N) is 2. The minimum Gasteiger partial charge on any atom is -0.408 e. The molecule has 0 unspecified atom stereocenters. The minimum absolute atomic E-state index is 0.000891. The zero-order chi connectivity index (χ0) is 19.8. The van der Waals surface area contributed by atoms with Crippen molar-refractivity contribution in [1.82, 2.24) is 14.2 Å². The van der Waals surface area contributed by atoms with Crippen LogP contribution >= 0.6 is 0 Å². The Balaban J connectivity index is 1.84. The average molecular weight is 393 g/mol. The normalized spacial score (nSPS) is 13.4. The van der Waals surface area contributed by atoms with Crippen molar-refractivity contribution < 1.29 is 17.2 Å². The summed E-state index contributed by atoms with van der Waals surface area (Å²) in [6.07, 6.45) is 0. The molecule has 0 bridgehead atoms. The first-order chi connectivity index (χ1) is 12.7. The molecule has 0 fully saturated rings. The number of aromatic nitrogens is 1. The van der Waals surface area contributed by atoms with Gasteiger partial charge in [-0.05, 0) is 43.9 Å². The highest BCUT2D eigenvalue weighted by molar-refractivity contribution is 7.89. The summed E-state index contributed by atoms with van der Waals surface area (Å²) in [4.78, 5) is 13.4. The summed E-state index contributed by atoms with van der Waals surface area (Å²) in [5.41, 5.74) is 1.50. The SMILES string of the molecule is CN(C)[C@H](CNS(=O)(=O)c1ccc2c(c1)oc(=O)n2C)c1ccc(F)cc1. The van der Waals surface area contributed by atoms with Crippen LogP contribution in [0.25, 0.3) is 11.1 Å². The molecule has 0 saturated heterocycles. The maximum absolute atomic E-state index is 13.1. The number of rotatable bonds is 6. The Morgan fingerprint density at radius 3 is 2.48 bits per heavy atom. The molecular formula is C18H20FN3O4S. The van der Waals surface area contributed by atoms with Gasteiger partial charge in [0.15, 0.2) is 5.58 Å². The fraction of sp³-hybridized carbons (Fsp3) is 0.278. The van der Waals surface area contributed by atoms with E-state index in [1.165, 1.54) is 34.9 Å². The third kappa shape index (κ3) is 3.95. The van der Waals surface area contributed by atoms with E-state index >= 15 is 0 Å². The van der Waals surface area contributed by atoms with Gasteiger partial charge in [-0.15, -0.1) is 0 Å². The molecule has 1 aromatic heterocycles. The van der Waals surface area contributed by atoms with E-state index in [1.807, 2.05) is 19.0 Å². The van der Waals surface area contributed by atoms with E-state index in [9.17, 15) is 17.6 Å². The topological polar surface area (TPSA) is 84.6 Å². The van der Waals surface area contributed by atoms with Gasteiger partial charge in [-0.3, -0.25) is 4.57 Å². The van der Waals surface area contributed by atoms with Gasteiger partial charge < -0.3 is 9.32 Å². The van der Waals surface area contributed by atoms with Crippen LogP contribution in [-0.2, 0) is 17.1 Å². The van der Waals surface area contributed by atoms with Gasteiger partial charge >= 0.3 is 5.76 Å². The van der Waals surface area contributed by atoms with Crippen molar-refractivity contribution in [2.75, 3.05) is 20.6 Å². The van der Waals surface area contributed by atoms with Crippen LogP contribution in [0.4, 0.5) is 4.39 Å². The molecule has 3 aromatic rings. The number of likely N-dealkylation sites (N-methyl/N-ethyl adjacent to an activating group) is 1. The first-order valence-corrected chi connectivity index (χ1v) is 9.68. The summed E-state index contributed by atoms with van der Waals surface area (Å²) in [6.45, 7) is 0.0950. The number of oxazole rings is 1. The molecule has 1 N–H and O–H groups in total. The number of hydrogen-bond donors (Lipinski definition) is 1. The maximum Gasteiger partial charge on any atom is 0.419 e. The molecule has 144 valence electrons. The summed E-state index contributed by atoms with van der Waals surface area (Å²) in [6, 6.07) is 9.91. The molecule has 0 spiro atoms. The highest BCUT2D eigenvalue weighted by atomic mass is 32.2. The first kappa shape index (κ1) is 19.3. The van der Waals surface area contributed by atoms with Crippen LogP contribution in [0.3, 0.4) is 0 Å². The van der Waals surface area contributed by atoms with Crippen molar-refractivity contribution in [1.29, 1.82) is 0 Å². The Hall–Kier alpha value is -2.49. The van der Waals surface area contributed by atoms with Crippen LogP contribution in [-0.4, -0.2) is 38.5 Å². The first-order valence-electron chi connectivity index (χ1n) is 8.20. The molecule has 0 aliphatic rings. The second-order valence-corrected chi connectivity index (χ2v) is 8.21. The van der Waals surface area contributed by atoms with Crippen LogP contribution in [0.2, 0.25) is 0 Å². The number of aryl methyl sites for hydroxylation is 1. The molecule has 0 amide bonds. The van der Waals surface area contributed by atoms with Crippen LogP contribution < -0.4 is 10.5 Å². The molecule has 2 aromatic carbocycles. The highest BCUT2D eigenvalue weighted by Gasteiger charge is 2.21. The van der Waals surface area contributed by atoms with Gasteiger partial charge in [-0.2, -0.15) is 0 Å². The second-order valence-electron chi connectivity index (χ2n) is 6.44. The van der Waals surface area contributed by atoms with Gasteiger partial charge in [0.1, 0.15) is 5.82 Å². The Morgan fingerprint density at radius 2 is 1.85 bits per heavy atom. The lowest BCUT2D eigenvalue weighted by molar-refractivity contribution is 0.299. The zero-order valence-corrected chi connectivity index (χ0v) is 16.0. The van der Waals surface area contributed by atoms with Gasteiger partial charge in [-0.1, -0.05) is 12.1 Å². The fourth-order valence-electron chi connectivity index (χ4n) is 2.84. The fourth-order valence-corrected chi connectivity index (χ4v) is 3.89. The lowest BCUT2D eigenvalue weighted by atomic mass is 10.1. The largest absolute Gasteiger partial charge is 0.419 e. The molecule has 27 heavy (non-hydrogen) atoms. The van der Waals surface area contributed by atoms with E-state index in [1.54, 1.807) is 19.2 Å². The Kier molecular flexibility index (Phi) is 5.18. The summed E-state index contributed by atoms with van der Waals surface area (Å²) in [7, 11) is 1.35. The van der Waals surface area contributed by atoms with Gasteiger partial charge in [0, 0.05) is 25.7 Å². The predicted octanol–water partition coefficient (Wildman–Crippen LogP) is 1.85. The third-order valence-corrected chi connectivity index (χ3v) is 5.84. The van der Waals surface area contributed by atoms with Crippen LogP contribution in [0.15, 0.2) is 56.6 Å². The highest BCUT2D eigenvalue weighted by Crippen LogP contribution is 2.21. The lowest BCUT2D eigenvalue weighted by Gasteiger charge is -2.25. The molecule has 0 aliphatic heterocycles. The maximum atomic E-state index is 13.1. The second kappa shape index (κ2) is 7.26. The van der Waals surface area contributed by atoms with Crippen LogP contribution in [0.1, 0.15) is 11.6 Å². The van der Waals surface area contributed by atoms with Crippen molar-refractivity contribution >= 4 is 21.1 Å². The monoisotopic (exact) mass is 393 g/mol. The van der Waals surface area contributed by atoms with E-state index in [-0.39, 0.29) is 28.9 Å². The van der Waals surface area contributed by atoms with E-state index in [0.717, 1.165) is 5.56 Å². The molecule has 0 aliphatic carbocycles. The van der Waals surface area contributed by atoms with Gasteiger partial charge in [0.25, 0.3) is 0 Å². The molecule has 0 radical (unpaired) electrons. The van der Waals surface area contributed by atoms with Crippen molar-refractivity contribution in [2.45, 2.75) is 10.9 Å². The summed E-state index contributed by atoms with van der Waals surface area (Å²) >= 11 is 0. The van der Waals surface area contributed by atoms with E-state index in [2.05, 4.69) is 4.72 Å². The molecule has 7 nitrogen and oxygen atoms in total. The van der Waals surface area contributed by atoms with E-state index < -0.39 is 15.8 Å². The Bertz CT molecular complexity index is 1120. The molecule has 1 atom stereocenters. The van der Waals surface area contributed by atoms with Crippen LogP contribution in [0.5, 0.6) is 0 Å². The number of hydrogen-bond acceptors (Lipinski definition) is 5. The van der Waals surface area contributed by atoms with Crippen LogP contribution in [0, 0.1) is 5.82 Å². The molecule has 3 rings (SSSR count). The van der Waals surface area contributed by atoms with Gasteiger partial charge in [-0.25, -0.2) is 22.3 Å². The van der Waals surface area contributed by atoms with Crippen molar-refractivity contribution in [3.63, 3.8) is 0 Å². The smallest absolute Gasteiger partial charge is 0.408 e. The minimum atomic E-state index is -3.82. The summed E-state index contributed by atoms with van der Waals surface area (Å²) in [5, 5.41) is 0. The summed E-state index contributed by atoms with van der Waals surface area (Å²) in [5.74, 6) is -0.911. The number of halogens is 1. The van der Waals surface area contributed by atoms with Gasteiger partial charge in [0.05, 0.1) is 10.4 Å². The molecule has 1 heterocycles. The number of nitrogens with one attached hydrogen (secondary N) is 1. The molecule has 0 saturated carbocycles. The standard InChI is InChI=1S/C18H20FN3O4S/c1-21(2)16(12-4-6-13(19)7-5-12)11-20-27(24,25)14-8-9-15-17(10-14)26-18(23)22(15)3/h4-10,16,20H,11H2,1-3H3/t16-/m1/s1. The third-order valence-electron chi connectivity index (χ3n) is 4.42. The Morgan fingerprint density at radius 1 is 1.19 bits per heavy atom. The van der Waals surface area contributed by atoms with Crippen molar-refractivity contribution in [3.8, 4) is 0 Å². The summed E-state index contributed by atoms with van der Waals surface area (Å²) < 4.78 is 47.4. The van der Waals surface area contributed by atoms with Gasteiger partial charge in [0.2, 0.25) is 10.0 Å². The number of fused-ring (bicyclic) bond motifs is 1. The molecular weight excluding hydrogens is 373 g/mol.